The van der Waals surface area contributed by atoms with Crippen molar-refractivity contribution >= 4 is 29.1 Å². The highest BCUT2D eigenvalue weighted by atomic mass is 32.1. The summed E-state index contributed by atoms with van der Waals surface area (Å²) in [5, 5.41) is 13.9. The van der Waals surface area contributed by atoms with E-state index in [2.05, 4.69) is 17.3 Å². The Labute approximate surface area is 188 Å². The summed E-state index contributed by atoms with van der Waals surface area (Å²) in [5.41, 5.74) is 0.818. The quantitative estimate of drug-likeness (QED) is 0.687. The average molecular weight is 476 g/mol. The fraction of sp³-hybridized carbons (Fsp3) is 0.667. The molecular weight excluding hydrogens is 447 g/mol. The second-order valence-corrected chi connectivity index (χ2v) is 9.73. The van der Waals surface area contributed by atoms with Crippen LogP contribution in [-0.2, 0) is 9.59 Å². The minimum Gasteiger partial charge on any atom is -0.475 e. The van der Waals surface area contributed by atoms with E-state index in [1.165, 1.54) is 0 Å². The van der Waals surface area contributed by atoms with Crippen molar-refractivity contribution in [2.45, 2.75) is 31.9 Å². The van der Waals surface area contributed by atoms with Crippen molar-refractivity contribution < 1.29 is 32.7 Å². The molecule has 2 saturated heterocycles. The fourth-order valence-corrected chi connectivity index (χ4v) is 6.37. The Balaban J connectivity index is 0.000000360. The van der Waals surface area contributed by atoms with Gasteiger partial charge in [-0.15, -0.1) is 0 Å². The SMILES string of the molecule is CNC(=O)[C@@]12CCC3(CCN(C(=O)c4ccsc4)CC3)[C@@H]1CN(C)C2.O=C(O)C(F)(F)F. The number of carbonyl (C=O) groups excluding carboxylic acids is 2. The van der Waals surface area contributed by atoms with Crippen LogP contribution >= 0.6 is 11.3 Å². The lowest BCUT2D eigenvalue weighted by Gasteiger charge is -2.44. The molecule has 1 aromatic heterocycles. The smallest absolute Gasteiger partial charge is 0.475 e. The number of halogens is 3. The van der Waals surface area contributed by atoms with Crippen molar-refractivity contribution in [1.29, 1.82) is 0 Å². The van der Waals surface area contributed by atoms with E-state index in [0.29, 0.717) is 5.92 Å². The number of rotatable bonds is 2. The predicted molar refractivity (Wildman–Crippen MR) is 112 cm³/mol. The maximum atomic E-state index is 12.7. The minimum absolute atomic E-state index is 0.162. The van der Waals surface area contributed by atoms with Gasteiger partial charge in [0, 0.05) is 38.6 Å². The second-order valence-electron chi connectivity index (χ2n) is 8.95. The van der Waals surface area contributed by atoms with Crippen molar-refractivity contribution in [3.63, 3.8) is 0 Å². The number of hydrogen-bond donors (Lipinski definition) is 2. The molecule has 1 aromatic rings. The van der Waals surface area contributed by atoms with Gasteiger partial charge in [0.15, 0.2) is 0 Å². The highest BCUT2D eigenvalue weighted by Crippen LogP contribution is 2.61. The molecule has 0 bridgehead atoms. The third-order valence-corrected chi connectivity index (χ3v) is 7.94. The lowest BCUT2D eigenvalue weighted by Crippen LogP contribution is -2.49. The first kappa shape index (κ1) is 24.5. The number of aliphatic carboxylic acids is 1. The van der Waals surface area contributed by atoms with Gasteiger partial charge in [-0.05, 0) is 55.5 Å². The molecule has 0 aromatic carbocycles. The van der Waals surface area contributed by atoms with Crippen LogP contribution in [0, 0.1) is 16.7 Å². The summed E-state index contributed by atoms with van der Waals surface area (Å²) in [6.07, 6.45) is -0.917. The lowest BCUT2D eigenvalue weighted by molar-refractivity contribution is -0.192. The molecule has 3 aliphatic rings. The van der Waals surface area contributed by atoms with Crippen LogP contribution in [0.2, 0.25) is 0 Å². The van der Waals surface area contributed by atoms with Gasteiger partial charge in [-0.2, -0.15) is 24.5 Å². The summed E-state index contributed by atoms with van der Waals surface area (Å²) in [6.45, 7) is 3.51. The van der Waals surface area contributed by atoms with Crippen LogP contribution < -0.4 is 5.32 Å². The highest BCUT2D eigenvalue weighted by Gasteiger charge is 2.63. The fourth-order valence-electron chi connectivity index (χ4n) is 5.74. The molecule has 3 heterocycles. The Morgan fingerprint density at radius 2 is 1.81 bits per heavy atom. The molecule has 2 atom stereocenters. The molecule has 1 saturated carbocycles. The number of alkyl halides is 3. The van der Waals surface area contributed by atoms with Gasteiger partial charge in [-0.3, -0.25) is 9.59 Å². The van der Waals surface area contributed by atoms with Gasteiger partial charge < -0.3 is 20.2 Å². The summed E-state index contributed by atoms with van der Waals surface area (Å²) < 4.78 is 31.7. The Morgan fingerprint density at radius 3 is 2.31 bits per heavy atom. The van der Waals surface area contributed by atoms with Crippen LogP contribution in [0.5, 0.6) is 0 Å². The van der Waals surface area contributed by atoms with Gasteiger partial charge in [0.1, 0.15) is 0 Å². The molecule has 178 valence electrons. The van der Waals surface area contributed by atoms with Gasteiger partial charge in [-0.25, -0.2) is 4.79 Å². The molecule has 1 spiro atoms. The maximum Gasteiger partial charge on any atom is 0.490 e. The van der Waals surface area contributed by atoms with E-state index in [4.69, 9.17) is 9.90 Å². The van der Waals surface area contributed by atoms with Gasteiger partial charge in [-0.1, -0.05) is 0 Å². The van der Waals surface area contributed by atoms with Gasteiger partial charge in [0.25, 0.3) is 5.91 Å². The second kappa shape index (κ2) is 9.01. The first-order chi connectivity index (χ1) is 14.9. The van der Waals surface area contributed by atoms with E-state index in [-0.39, 0.29) is 22.6 Å². The number of amides is 2. The average Bonchev–Trinajstić information content (AvgIpc) is 3.45. The lowest BCUT2D eigenvalue weighted by atomic mass is 9.65. The Hall–Kier alpha value is -2.14. The third-order valence-electron chi connectivity index (χ3n) is 7.26. The molecule has 0 radical (unpaired) electrons. The first-order valence-electron chi connectivity index (χ1n) is 10.5. The summed E-state index contributed by atoms with van der Waals surface area (Å²) >= 11 is 1.57. The van der Waals surface area contributed by atoms with Crippen molar-refractivity contribution in [1.82, 2.24) is 15.1 Å². The number of nitrogens with one attached hydrogen (secondary N) is 1. The molecule has 2 aliphatic heterocycles. The number of carboxylic acid groups (broad SMARTS) is 1. The number of piperidine rings is 1. The van der Waals surface area contributed by atoms with E-state index in [9.17, 15) is 22.8 Å². The number of nitrogens with zero attached hydrogens (tertiary/aromatic N) is 2. The van der Waals surface area contributed by atoms with Crippen LogP contribution in [0.3, 0.4) is 0 Å². The van der Waals surface area contributed by atoms with Crippen LogP contribution in [-0.4, -0.2) is 79.1 Å². The van der Waals surface area contributed by atoms with Crippen molar-refractivity contribution in [2.75, 3.05) is 40.3 Å². The zero-order chi connectivity index (χ0) is 23.7. The molecule has 2 amide bonds. The van der Waals surface area contributed by atoms with Crippen LogP contribution in [0.1, 0.15) is 36.0 Å². The molecule has 1 aliphatic carbocycles. The van der Waals surface area contributed by atoms with Crippen molar-refractivity contribution in [3.05, 3.63) is 22.4 Å². The zero-order valence-corrected chi connectivity index (χ0v) is 18.9. The summed E-state index contributed by atoms with van der Waals surface area (Å²) in [7, 11) is 3.89. The number of hydrogen-bond acceptors (Lipinski definition) is 5. The molecule has 32 heavy (non-hydrogen) atoms. The van der Waals surface area contributed by atoms with E-state index >= 15 is 0 Å². The minimum atomic E-state index is -5.08. The van der Waals surface area contributed by atoms with Crippen LogP contribution in [0.25, 0.3) is 0 Å². The molecule has 11 heteroatoms. The number of fused-ring (bicyclic) bond motifs is 2. The predicted octanol–water partition coefficient (Wildman–Crippen LogP) is 2.69. The summed E-state index contributed by atoms with van der Waals surface area (Å²) in [6, 6.07) is 1.91. The molecule has 3 fully saturated rings. The van der Waals surface area contributed by atoms with E-state index in [0.717, 1.165) is 57.4 Å². The molecule has 7 nitrogen and oxygen atoms in total. The molecule has 2 N–H and O–H groups in total. The largest absolute Gasteiger partial charge is 0.490 e. The van der Waals surface area contributed by atoms with E-state index in [1.807, 2.05) is 21.7 Å². The van der Waals surface area contributed by atoms with Gasteiger partial charge in [0.2, 0.25) is 5.91 Å². The summed E-state index contributed by atoms with van der Waals surface area (Å²) in [4.78, 5) is 38.6. The number of thiophene rings is 1. The first-order valence-corrected chi connectivity index (χ1v) is 11.4. The monoisotopic (exact) mass is 475 g/mol. The number of likely N-dealkylation sites (tertiary alicyclic amines) is 2. The van der Waals surface area contributed by atoms with E-state index < -0.39 is 12.1 Å². The Morgan fingerprint density at radius 1 is 1.19 bits per heavy atom. The Kier molecular flexibility index (Phi) is 6.90. The van der Waals surface area contributed by atoms with Gasteiger partial charge in [0.05, 0.1) is 11.0 Å². The zero-order valence-electron chi connectivity index (χ0n) is 18.1. The van der Waals surface area contributed by atoms with Crippen molar-refractivity contribution in [3.8, 4) is 0 Å². The normalized spacial score (nSPS) is 26.9. The van der Waals surface area contributed by atoms with Crippen LogP contribution in [0.15, 0.2) is 16.8 Å². The maximum absolute atomic E-state index is 12.7. The number of carbonyl (C=O) groups is 3. The number of carboxylic acids is 1. The third kappa shape index (κ3) is 4.50. The van der Waals surface area contributed by atoms with Gasteiger partial charge >= 0.3 is 12.1 Å². The highest BCUT2D eigenvalue weighted by molar-refractivity contribution is 7.08. The van der Waals surface area contributed by atoms with Crippen molar-refractivity contribution in [2.24, 2.45) is 16.7 Å². The van der Waals surface area contributed by atoms with E-state index in [1.54, 1.807) is 18.4 Å². The molecule has 4 rings (SSSR count). The molecule has 0 unspecified atom stereocenters. The molecular formula is C21H28F3N3O4S. The Bertz CT molecular complexity index is 853. The summed E-state index contributed by atoms with van der Waals surface area (Å²) in [5.74, 6) is -1.96. The van der Waals surface area contributed by atoms with Crippen LogP contribution in [0.4, 0.5) is 13.2 Å². The standard InChI is InChI=1S/C19H27N3O2S.C2HF3O2/c1-20-17(24)19-5-4-18(15(19)11-21(2)13-19)6-8-22(9-7-18)16(23)14-3-10-25-12-14;3-2(4,5)1(6)7/h3,10,12,15H,4-9,11,13H2,1-2H3,(H,20,24);(H,6,7)/t15-,19+;/m0./s1. The topological polar surface area (TPSA) is 90.0 Å².